The van der Waals surface area contributed by atoms with Crippen LogP contribution < -0.4 is 10.9 Å². The van der Waals surface area contributed by atoms with Gasteiger partial charge in [-0.3, -0.25) is 4.90 Å². The van der Waals surface area contributed by atoms with Gasteiger partial charge in [0.25, 0.3) is 0 Å². The third-order valence-electron chi connectivity index (χ3n) is 6.09. The average molecular weight is 550 g/mol. The van der Waals surface area contributed by atoms with E-state index in [-0.39, 0.29) is 24.8 Å². The van der Waals surface area contributed by atoms with Gasteiger partial charge >= 0.3 is 12.4 Å². The van der Waals surface area contributed by atoms with Gasteiger partial charge < -0.3 is 20.0 Å². The van der Waals surface area contributed by atoms with Crippen LogP contribution in [-0.4, -0.2) is 47.7 Å². The number of amidine groups is 1. The Hall–Kier alpha value is -2.78. The summed E-state index contributed by atoms with van der Waals surface area (Å²) in [5.74, 6) is -1.69. The SMILES string of the molecule is CC(OC1OCCN(CC2=NC(C)(O)NN2)C1c1ccc(F)cc1)c1cc(C(F)(F)F)cc(C(F)(F)F)c1. The van der Waals surface area contributed by atoms with Gasteiger partial charge in [0.05, 0.1) is 36.4 Å². The molecule has 7 nitrogen and oxygen atoms in total. The molecule has 0 saturated carbocycles. The van der Waals surface area contributed by atoms with Crippen LogP contribution >= 0.6 is 0 Å². The van der Waals surface area contributed by atoms with Crippen molar-refractivity contribution in [2.45, 2.75) is 50.5 Å². The lowest BCUT2D eigenvalue weighted by Gasteiger charge is -2.42. The quantitative estimate of drug-likeness (QED) is 0.460. The lowest BCUT2D eigenvalue weighted by atomic mass is 10.0. The van der Waals surface area contributed by atoms with E-state index in [1.54, 1.807) is 0 Å². The summed E-state index contributed by atoms with van der Waals surface area (Å²) in [7, 11) is 0. The smallest absolute Gasteiger partial charge is 0.356 e. The second kappa shape index (κ2) is 10.4. The number of rotatable bonds is 6. The molecule has 0 spiro atoms. The number of aliphatic hydroxyl groups is 1. The highest BCUT2D eigenvalue weighted by Gasteiger charge is 2.40. The number of nitrogens with zero attached hydrogens (tertiary/aromatic N) is 2. The monoisotopic (exact) mass is 550 g/mol. The lowest BCUT2D eigenvalue weighted by Crippen LogP contribution is -2.51. The molecule has 208 valence electrons. The Kier molecular flexibility index (Phi) is 7.74. The minimum Gasteiger partial charge on any atom is -0.356 e. The molecule has 2 aliphatic rings. The van der Waals surface area contributed by atoms with Crippen LogP contribution in [0, 0.1) is 5.82 Å². The number of aliphatic imine (C=N–C) groups is 1. The second-order valence-corrected chi connectivity index (χ2v) is 9.15. The molecule has 0 aliphatic carbocycles. The Morgan fingerprint density at radius 3 is 2.24 bits per heavy atom. The summed E-state index contributed by atoms with van der Waals surface area (Å²) >= 11 is 0. The highest BCUT2D eigenvalue weighted by molar-refractivity contribution is 5.85. The number of ether oxygens (including phenoxy) is 2. The molecule has 2 aliphatic heterocycles. The number of benzene rings is 2. The number of nitrogens with one attached hydrogen (secondary N) is 2. The molecule has 0 amide bonds. The van der Waals surface area contributed by atoms with Gasteiger partial charge in [-0.05, 0) is 48.4 Å². The van der Waals surface area contributed by atoms with Crippen molar-refractivity contribution in [2.75, 3.05) is 19.7 Å². The van der Waals surface area contributed by atoms with Gasteiger partial charge in [0.1, 0.15) is 11.7 Å². The van der Waals surface area contributed by atoms with Gasteiger partial charge in [-0.15, -0.1) is 0 Å². The van der Waals surface area contributed by atoms with Crippen LogP contribution in [0.3, 0.4) is 0 Å². The van der Waals surface area contributed by atoms with Crippen molar-refractivity contribution in [1.29, 1.82) is 0 Å². The fourth-order valence-electron chi connectivity index (χ4n) is 4.28. The minimum absolute atomic E-state index is 0.0503. The molecule has 2 aromatic rings. The van der Waals surface area contributed by atoms with Crippen molar-refractivity contribution in [2.24, 2.45) is 4.99 Å². The number of hydrogen-bond acceptors (Lipinski definition) is 7. The fraction of sp³-hybridized carbons (Fsp3) is 0.458. The van der Waals surface area contributed by atoms with Crippen LogP contribution in [-0.2, 0) is 21.8 Å². The second-order valence-electron chi connectivity index (χ2n) is 9.15. The Morgan fingerprint density at radius 2 is 1.71 bits per heavy atom. The predicted octanol–water partition coefficient (Wildman–Crippen LogP) is 4.51. The van der Waals surface area contributed by atoms with E-state index >= 15 is 0 Å². The Bertz CT molecular complexity index is 1140. The molecule has 0 bridgehead atoms. The van der Waals surface area contributed by atoms with Crippen molar-refractivity contribution in [1.82, 2.24) is 15.8 Å². The van der Waals surface area contributed by atoms with E-state index in [1.807, 2.05) is 4.90 Å². The first-order chi connectivity index (χ1) is 17.6. The molecule has 0 aromatic heterocycles. The Balaban J connectivity index is 1.65. The van der Waals surface area contributed by atoms with E-state index in [2.05, 4.69) is 15.8 Å². The number of hydrogen-bond donors (Lipinski definition) is 3. The summed E-state index contributed by atoms with van der Waals surface area (Å²) in [5, 5.41) is 10.0. The molecular formula is C24H25F7N4O3. The molecule has 38 heavy (non-hydrogen) atoms. The zero-order chi connectivity index (χ0) is 27.9. The van der Waals surface area contributed by atoms with Gasteiger partial charge in [-0.25, -0.2) is 9.38 Å². The number of alkyl halides is 6. The molecule has 1 saturated heterocycles. The van der Waals surface area contributed by atoms with Crippen LogP contribution in [0.2, 0.25) is 0 Å². The Labute approximate surface area is 213 Å². The topological polar surface area (TPSA) is 78.4 Å². The van der Waals surface area contributed by atoms with Crippen LogP contribution in [0.15, 0.2) is 47.5 Å². The average Bonchev–Trinajstić information content (AvgIpc) is 3.16. The van der Waals surface area contributed by atoms with Crippen LogP contribution in [0.4, 0.5) is 30.7 Å². The van der Waals surface area contributed by atoms with Crippen molar-refractivity contribution in [3.8, 4) is 0 Å². The zero-order valence-electron chi connectivity index (χ0n) is 20.2. The maximum Gasteiger partial charge on any atom is 0.416 e. The van der Waals surface area contributed by atoms with E-state index in [0.717, 1.165) is 0 Å². The maximum absolute atomic E-state index is 13.6. The van der Waals surface area contributed by atoms with Crippen molar-refractivity contribution in [3.63, 3.8) is 0 Å². The standard InChI is InChI=1S/C24H25F7N4O3/c1-13(15-9-16(23(26,27)28)11-17(10-15)24(29,30)31)38-21-20(14-3-5-18(25)6-4-14)35(7-8-37-21)12-19-32-22(2,36)34-33-19/h3-6,9-11,13,20-21,34,36H,7-8,12H2,1-2H3,(H,32,33). The van der Waals surface area contributed by atoms with Crippen molar-refractivity contribution < 1.29 is 45.3 Å². The largest absolute Gasteiger partial charge is 0.416 e. The van der Waals surface area contributed by atoms with Gasteiger partial charge in [0, 0.05) is 13.5 Å². The van der Waals surface area contributed by atoms with E-state index in [0.29, 0.717) is 30.1 Å². The summed E-state index contributed by atoms with van der Waals surface area (Å²) in [6.07, 6.45) is -12.4. The maximum atomic E-state index is 13.6. The highest BCUT2D eigenvalue weighted by Crippen LogP contribution is 2.39. The van der Waals surface area contributed by atoms with E-state index in [1.165, 1.54) is 38.1 Å². The molecule has 1 fully saturated rings. The van der Waals surface area contributed by atoms with Gasteiger partial charge in [-0.1, -0.05) is 12.1 Å². The first kappa shape index (κ1) is 28.2. The van der Waals surface area contributed by atoms with Crippen molar-refractivity contribution >= 4 is 5.84 Å². The number of halogens is 7. The molecule has 2 heterocycles. The minimum atomic E-state index is -5.01. The molecule has 0 radical (unpaired) electrons. The molecule has 4 unspecified atom stereocenters. The van der Waals surface area contributed by atoms with E-state index in [9.17, 15) is 35.8 Å². The van der Waals surface area contributed by atoms with Crippen LogP contribution in [0.25, 0.3) is 0 Å². The molecule has 14 heteroatoms. The fourth-order valence-corrected chi connectivity index (χ4v) is 4.28. The summed E-state index contributed by atoms with van der Waals surface area (Å²) in [4.78, 5) is 5.94. The normalized spacial score (nSPS) is 25.7. The third kappa shape index (κ3) is 6.61. The summed E-state index contributed by atoms with van der Waals surface area (Å²) in [6.45, 7) is 3.33. The van der Waals surface area contributed by atoms with Crippen LogP contribution in [0.1, 0.15) is 48.2 Å². The molecule has 4 rings (SSSR count). The molecule has 4 atom stereocenters. The van der Waals surface area contributed by atoms with E-state index < -0.39 is 53.6 Å². The number of hydrazine groups is 1. The van der Waals surface area contributed by atoms with Gasteiger partial charge in [-0.2, -0.15) is 31.8 Å². The lowest BCUT2D eigenvalue weighted by molar-refractivity contribution is -0.227. The Morgan fingerprint density at radius 1 is 1.11 bits per heavy atom. The summed E-state index contributed by atoms with van der Waals surface area (Å²) < 4.78 is 106. The zero-order valence-corrected chi connectivity index (χ0v) is 20.2. The summed E-state index contributed by atoms with van der Waals surface area (Å²) in [5.41, 5.74) is 2.61. The number of morpholine rings is 1. The third-order valence-corrected chi connectivity index (χ3v) is 6.09. The molecule has 3 N–H and O–H groups in total. The van der Waals surface area contributed by atoms with Crippen LogP contribution in [0.5, 0.6) is 0 Å². The molecule has 2 aromatic carbocycles. The van der Waals surface area contributed by atoms with Crippen molar-refractivity contribution in [3.05, 3.63) is 70.5 Å². The first-order valence-corrected chi connectivity index (χ1v) is 11.5. The first-order valence-electron chi connectivity index (χ1n) is 11.5. The van der Waals surface area contributed by atoms with Gasteiger partial charge in [0.2, 0.25) is 5.85 Å². The van der Waals surface area contributed by atoms with E-state index in [4.69, 9.17) is 9.47 Å². The van der Waals surface area contributed by atoms with Gasteiger partial charge in [0.15, 0.2) is 6.29 Å². The predicted molar refractivity (Wildman–Crippen MR) is 121 cm³/mol. The molecular weight excluding hydrogens is 525 g/mol. The highest BCUT2D eigenvalue weighted by atomic mass is 19.4. The summed E-state index contributed by atoms with van der Waals surface area (Å²) in [6, 6.07) is 5.91.